The fraction of sp³-hybridized carbons (Fsp3) is 0.370. The zero-order valence-electron chi connectivity index (χ0n) is 25.3. The van der Waals surface area contributed by atoms with Crippen LogP contribution in [0.2, 0.25) is 0 Å². The number of methoxy groups -OCH3 is 5. The summed E-state index contributed by atoms with van der Waals surface area (Å²) in [6, 6.07) is 5.73. The quantitative estimate of drug-likeness (QED) is 0.244. The number of rotatable bonds is 4. The second kappa shape index (κ2) is 25.6. The minimum absolute atomic E-state index is 0.218. The second-order valence-electron chi connectivity index (χ2n) is 7.75. The molecule has 3 aromatic rings. The molecule has 0 radical (unpaired) electrons. The summed E-state index contributed by atoms with van der Waals surface area (Å²) in [7, 11) is 7.40. The molecule has 43 heavy (non-hydrogen) atoms. The van der Waals surface area contributed by atoms with E-state index in [0.29, 0.717) is 35.4 Å². The van der Waals surface area contributed by atoms with Gasteiger partial charge >= 0.3 is 62.4 Å². The maximum absolute atomic E-state index is 11.2. The zero-order valence-corrected chi connectivity index (χ0v) is 36.5. The molecule has 0 saturated carbocycles. The van der Waals surface area contributed by atoms with Gasteiger partial charge < -0.3 is 23.7 Å². The Labute approximate surface area is 308 Å². The Kier molecular flexibility index (Phi) is 26.5. The molecule has 0 fully saturated rings. The van der Waals surface area contributed by atoms with E-state index < -0.39 is 5.97 Å². The van der Waals surface area contributed by atoms with Gasteiger partial charge in [0.2, 0.25) is 17.6 Å². The van der Waals surface area contributed by atoms with E-state index in [1.165, 1.54) is 28.3 Å². The van der Waals surface area contributed by atoms with Gasteiger partial charge in [0.1, 0.15) is 0 Å². The van der Waals surface area contributed by atoms with Gasteiger partial charge in [0.05, 0.1) is 45.7 Å². The van der Waals surface area contributed by atoms with Crippen LogP contribution in [0, 0.1) is 27.7 Å². The summed E-state index contributed by atoms with van der Waals surface area (Å²) >= 11 is 15.2. The number of carbonyl (C=O) groups excluding carboxylic acids is 2. The molecular formula is C27H34Br3I3N3O7-. The van der Waals surface area contributed by atoms with Crippen LogP contribution in [0.1, 0.15) is 39.8 Å². The van der Waals surface area contributed by atoms with Crippen LogP contribution >= 0.6 is 85.0 Å². The van der Waals surface area contributed by atoms with Crippen LogP contribution in [0.25, 0.3) is 0 Å². The predicted molar refractivity (Wildman–Crippen MR) is 191 cm³/mol. The van der Waals surface area contributed by atoms with Crippen molar-refractivity contribution in [3.8, 4) is 17.6 Å². The molecule has 0 aliphatic heterocycles. The average Bonchev–Trinajstić information content (AvgIpc) is 2.96. The Morgan fingerprint density at radius 2 is 1.14 bits per heavy atom. The van der Waals surface area contributed by atoms with Gasteiger partial charge in [-0.2, -0.15) is 0 Å². The SMILES string of the molecule is COC(=O)c1nc(OC)c(C)cc1Br.COC(C)=O.COc1nc(C)c(Br)cc1C.COc1ncc(Br)cc1C.I[I-]I. The van der Waals surface area contributed by atoms with E-state index in [-0.39, 0.29) is 11.7 Å². The molecule has 0 unspecified atom stereocenters. The molecule has 0 aliphatic carbocycles. The van der Waals surface area contributed by atoms with Crippen LogP contribution in [0.3, 0.4) is 0 Å². The Balaban J connectivity index is 0. The summed E-state index contributed by atoms with van der Waals surface area (Å²) in [5, 5.41) is 0. The van der Waals surface area contributed by atoms with Crippen molar-refractivity contribution >= 4 is 97.0 Å². The summed E-state index contributed by atoms with van der Waals surface area (Å²) in [4.78, 5) is 33.1. The molecule has 0 atom stereocenters. The Bertz CT molecular complexity index is 1310. The Hall–Kier alpha value is -0.580. The van der Waals surface area contributed by atoms with Gasteiger partial charge in [-0.1, -0.05) is 0 Å². The number of carbonyl (C=O) groups is 2. The Morgan fingerprint density at radius 3 is 1.53 bits per heavy atom. The van der Waals surface area contributed by atoms with Crippen LogP contribution in [0.5, 0.6) is 17.6 Å². The predicted octanol–water partition coefficient (Wildman–Crippen LogP) is 5.53. The third-order valence-electron chi connectivity index (χ3n) is 4.66. The van der Waals surface area contributed by atoms with E-state index in [2.05, 4.69) is 109 Å². The molecule has 0 N–H and O–H groups in total. The molecule has 0 spiro atoms. The van der Waals surface area contributed by atoms with Crippen molar-refractivity contribution in [1.82, 2.24) is 15.0 Å². The van der Waals surface area contributed by atoms with Crippen LogP contribution in [-0.4, -0.2) is 62.4 Å². The fourth-order valence-corrected chi connectivity index (χ4v) is 4.08. The minimum atomic E-state index is -0.491. The van der Waals surface area contributed by atoms with Crippen LogP contribution in [-0.2, 0) is 14.3 Å². The zero-order chi connectivity index (χ0) is 33.7. The van der Waals surface area contributed by atoms with Gasteiger partial charge in [-0.3, -0.25) is 4.79 Å². The molecule has 3 aromatic heterocycles. The molecular weight excluding hydrogens is 1100 g/mol. The first-order valence-electron chi connectivity index (χ1n) is 11.7. The number of hydrogen-bond acceptors (Lipinski definition) is 10. The van der Waals surface area contributed by atoms with Crippen molar-refractivity contribution in [3.63, 3.8) is 0 Å². The number of hydrogen-bond donors (Lipinski definition) is 0. The van der Waals surface area contributed by atoms with Crippen molar-refractivity contribution in [2.24, 2.45) is 0 Å². The molecule has 0 bridgehead atoms. The summed E-state index contributed by atoms with van der Waals surface area (Å²) < 4.78 is 26.3. The van der Waals surface area contributed by atoms with Crippen molar-refractivity contribution in [1.29, 1.82) is 0 Å². The third kappa shape index (κ3) is 18.9. The monoisotopic (exact) mass is 1130 g/mol. The van der Waals surface area contributed by atoms with E-state index in [1.807, 2.05) is 39.8 Å². The van der Waals surface area contributed by atoms with Crippen molar-refractivity contribution < 1.29 is 46.5 Å². The van der Waals surface area contributed by atoms with Gasteiger partial charge in [0, 0.05) is 38.8 Å². The fourth-order valence-electron chi connectivity index (χ4n) is 2.61. The van der Waals surface area contributed by atoms with Crippen LogP contribution in [0.4, 0.5) is 0 Å². The van der Waals surface area contributed by atoms with E-state index in [9.17, 15) is 9.59 Å². The van der Waals surface area contributed by atoms with Crippen LogP contribution in [0.15, 0.2) is 37.8 Å². The molecule has 0 amide bonds. The molecule has 3 heterocycles. The summed E-state index contributed by atoms with van der Waals surface area (Å²) in [5.41, 5.74) is 4.11. The number of halogens is 6. The van der Waals surface area contributed by atoms with E-state index in [0.717, 1.165) is 31.3 Å². The number of aromatic nitrogens is 3. The van der Waals surface area contributed by atoms with Crippen LogP contribution < -0.4 is 27.5 Å². The number of ether oxygens (including phenoxy) is 5. The summed E-state index contributed by atoms with van der Waals surface area (Å²) in [5.74, 6) is 1.07. The Morgan fingerprint density at radius 1 is 0.721 bits per heavy atom. The molecule has 0 aliphatic rings. The van der Waals surface area contributed by atoms with Crippen molar-refractivity contribution in [2.45, 2.75) is 34.6 Å². The van der Waals surface area contributed by atoms with E-state index >= 15 is 0 Å². The average molecular weight is 1130 g/mol. The summed E-state index contributed by atoms with van der Waals surface area (Å²) in [6.07, 6.45) is 1.71. The first-order chi connectivity index (χ1) is 20.2. The van der Waals surface area contributed by atoms with Crippen molar-refractivity contribution in [3.05, 3.63) is 65.9 Å². The number of aryl methyl sites for hydroxylation is 4. The van der Waals surface area contributed by atoms with E-state index in [1.54, 1.807) is 26.5 Å². The van der Waals surface area contributed by atoms with Crippen molar-refractivity contribution in [2.75, 3.05) is 35.5 Å². The van der Waals surface area contributed by atoms with Gasteiger partial charge in [-0.05, 0) is 93.7 Å². The first-order valence-corrected chi connectivity index (χ1v) is 26.7. The maximum atomic E-state index is 11.2. The molecule has 10 nitrogen and oxygen atoms in total. The third-order valence-corrected chi connectivity index (χ3v) is 6.50. The number of pyridine rings is 3. The van der Waals surface area contributed by atoms with Gasteiger partial charge in [-0.15, -0.1) is 0 Å². The molecule has 0 saturated heterocycles. The molecule has 16 heteroatoms. The number of nitrogens with zero attached hydrogens (tertiary/aromatic N) is 3. The molecule has 0 aromatic carbocycles. The first kappa shape index (κ1) is 44.5. The number of esters is 2. The topological polar surface area (TPSA) is 119 Å². The summed E-state index contributed by atoms with van der Waals surface area (Å²) in [6.45, 7) is 9.07. The standard InChI is InChI=1S/C9H10BrNO3.C8H10BrNO.C7H8BrNO.C3H6O2.I3/c1-5-4-6(10)7(9(12)14-3)11-8(5)13-2;1-5-4-7(9)6(2)10-8(5)11-3;1-5-3-6(8)4-9-7(5)10-2;1-3(4)5-2;1-3-2/h4H,1-3H3;4H,1-3H3;3-4H,1-2H3;1-2H3;/q;;;;-1. The molecule has 242 valence electrons. The van der Waals surface area contributed by atoms with Gasteiger partial charge in [-0.25, -0.2) is 19.7 Å². The van der Waals surface area contributed by atoms with Gasteiger partial charge in [0.15, 0.2) is 5.69 Å². The van der Waals surface area contributed by atoms with E-state index in [4.69, 9.17) is 14.2 Å². The normalized spacial score (nSPS) is 9.19. The van der Waals surface area contributed by atoms with Gasteiger partial charge in [0.25, 0.3) is 0 Å². The molecule has 3 rings (SSSR count). The second-order valence-corrected chi connectivity index (χ2v) is 26.6.